The first-order valence-electron chi connectivity index (χ1n) is 6.86. The van der Waals surface area contributed by atoms with Crippen LogP contribution in [0.25, 0.3) is 0 Å². The molecule has 1 aliphatic rings. The first-order valence-corrected chi connectivity index (χ1v) is 8.51. The van der Waals surface area contributed by atoms with Crippen molar-refractivity contribution in [1.82, 2.24) is 4.72 Å². The molecule has 2 unspecified atom stereocenters. The molecule has 0 spiro atoms. The molecule has 1 aromatic rings. The van der Waals surface area contributed by atoms with E-state index in [-0.39, 0.29) is 17.7 Å². The molecule has 1 fully saturated rings. The van der Waals surface area contributed by atoms with Crippen molar-refractivity contribution in [3.05, 3.63) is 35.4 Å². The summed E-state index contributed by atoms with van der Waals surface area (Å²) in [6, 6.07) is 7.65. The molecule has 0 amide bonds. The van der Waals surface area contributed by atoms with Crippen LogP contribution < -0.4 is 10.5 Å². The second kappa shape index (κ2) is 6.67. The highest BCUT2D eigenvalue weighted by molar-refractivity contribution is 7.89. The molecule has 0 bridgehead atoms. The molecule has 1 aromatic carbocycles. The highest BCUT2D eigenvalue weighted by Gasteiger charge is 2.22. The van der Waals surface area contributed by atoms with Crippen LogP contribution in [-0.2, 0) is 21.3 Å². The van der Waals surface area contributed by atoms with Gasteiger partial charge in [0.1, 0.15) is 0 Å². The maximum Gasteiger partial charge on any atom is 0.212 e. The molecule has 1 aliphatic heterocycles. The molecule has 1 heterocycles. The third-order valence-corrected chi connectivity index (χ3v) is 4.98. The monoisotopic (exact) mass is 298 g/mol. The van der Waals surface area contributed by atoms with E-state index < -0.39 is 10.0 Å². The van der Waals surface area contributed by atoms with Crippen molar-refractivity contribution in [3.63, 3.8) is 0 Å². The Labute approximate surface area is 120 Å². The number of sulfonamides is 1. The molecular weight excluding hydrogens is 276 g/mol. The summed E-state index contributed by atoms with van der Waals surface area (Å²) in [5.74, 6) is 0.262. The topological polar surface area (TPSA) is 81.4 Å². The largest absolute Gasteiger partial charge is 0.381 e. The lowest BCUT2D eigenvalue weighted by Gasteiger charge is -2.11. The van der Waals surface area contributed by atoms with Crippen LogP contribution in [-0.4, -0.2) is 27.4 Å². The van der Waals surface area contributed by atoms with Gasteiger partial charge in [0.15, 0.2) is 0 Å². The average Bonchev–Trinajstić information content (AvgIpc) is 2.89. The van der Waals surface area contributed by atoms with Gasteiger partial charge in [-0.05, 0) is 30.4 Å². The van der Waals surface area contributed by atoms with E-state index in [1.807, 2.05) is 31.2 Å². The fraction of sp³-hybridized carbons (Fsp3) is 0.571. The molecule has 20 heavy (non-hydrogen) atoms. The number of nitrogens with one attached hydrogen (secondary N) is 1. The van der Waals surface area contributed by atoms with Gasteiger partial charge in [-0.25, -0.2) is 13.1 Å². The standard InChI is InChI=1S/C14H22N2O3S/c1-11(15)14-4-2-12(3-5-14)8-16-20(17,18)10-13-6-7-19-9-13/h2-5,11,13,16H,6-10,15H2,1H3. The molecular formula is C14H22N2O3S. The minimum absolute atomic E-state index is 0.0110. The molecule has 2 rings (SSSR count). The van der Waals surface area contributed by atoms with Crippen molar-refractivity contribution >= 4 is 10.0 Å². The van der Waals surface area contributed by atoms with Gasteiger partial charge in [0.25, 0.3) is 0 Å². The van der Waals surface area contributed by atoms with E-state index in [9.17, 15) is 8.42 Å². The van der Waals surface area contributed by atoms with Crippen LogP contribution in [0, 0.1) is 5.92 Å². The molecule has 112 valence electrons. The Bertz CT molecular complexity index is 520. The van der Waals surface area contributed by atoms with E-state index in [1.54, 1.807) is 0 Å². The van der Waals surface area contributed by atoms with Gasteiger partial charge in [-0.3, -0.25) is 0 Å². The van der Waals surface area contributed by atoms with E-state index in [0.717, 1.165) is 17.5 Å². The molecule has 0 aliphatic carbocycles. The van der Waals surface area contributed by atoms with Crippen molar-refractivity contribution in [2.45, 2.75) is 25.9 Å². The van der Waals surface area contributed by atoms with E-state index >= 15 is 0 Å². The van der Waals surface area contributed by atoms with Crippen molar-refractivity contribution < 1.29 is 13.2 Å². The molecule has 2 atom stereocenters. The molecule has 0 aromatic heterocycles. The van der Waals surface area contributed by atoms with Gasteiger partial charge >= 0.3 is 0 Å². The van der Waals surface area contributed by atoms with Gasteiger partial charge in [-0.1, -0.05) is 24.3 Å². The summed E-state index contributed by atoms with van der Waals surface area (Å²) in [4.78, 5) is 0. The highest BCUT2D eigenvalue weighted by Crippen LogP contribution is 2.15. The van der Waals surface area contributed by atoms with E-state index in [2.05, 4.69) is 4.72 Å². The van der Waals surface area contributed by atoms with Crippen LogP contribution in [0.1, 0.15) is 30.5 Å². The van der Waals surface area contributed by atoms with Gasteiger partial charge < -0.3 is 10.5 Å². The smallest absolute Gasteiger partial charge is 0.212 e. The lowest BCUT2D eigenvalue weighted by Crippen LogP contribution is -2.29. The third-order valence-electron chi connectivity index (χ3n) is 3.48. The molecule has 5 nitrogen and oxygen atoms in total. The minimum Gasteiger partial charge on any atom is -0.381 e. The van der Waals surface area contributed by atoms with Gasteiger partial charge in [0.2, 0.25) is 10.0 Å². The number of hydrogen-bond acceptors (Lipinski definition) is 4. The van der Waals surface area contributed by atoms with Crippen LogP contribution >= 0.6 is 0 Å². The SMILES string of the molecule is CC(N)c1ccc(CNS(=O)(=O)CC2CCOC2)cc1. The first-order chi connectivity index (χ1) is 9.46. The summed E-state index contributed by atoms with van der Waals surface area (Å²) in [5.41, 5.74) is 7.75. The molecule has 6 heteroatoms. The Morgan fingerprint density at radius 3 is 2.65 bits per heavy atom. The fourth-order valence-corrected chi connectivity index (χ4v) is 3.60. The van der Waals surface area contributed by atoms with Gasteiger partial charge in [-0.2, -0.15) is 0 Å². The zero-order valence-electron chi connectivity index (χ0n) is 11.7. The van der Waals surface area contributed by atoms with Crippen molar-refractivity contribution in [3.8, 4) is 0 Å². The van der Waals surface area contributed by atoms with Crippen molar-refractivity contribution in [2.75, 3.05) is 19.0 Å². The third kappa shape index (κ3) is 4.56. The fourth-order valence-electron chi connectivity index (χ4n) is 2.22. The predicted molar refractivity (Wildman–Crippen MR) is 78.6 cm³/mol. The van der Waals surface area contributed by atoms with Crippen LogP contribution in [0.2, 0.25) is 0 Å². The zero-order chi connectivity index (χ0) is 14.6. The molecule has 0 radical (unpaired) electrons. The Hall–Kier alpha value is -0.950. The van der Waals surface area contributed by atoms with Crippen molar-refractivity contribution in [2.24, 2.45) is 11.7 Å². The van der Waals surface area contributed by atoms with Crippen LogP contribution in [0.5, 0.6) is 0 Å². The molecule has 1 saturated heterocycles. The van der Waals surface area contributed by atoms with E-state index in [1.165, 1.54) is 0 Å². The second-order valence-electron chi connectivity index (χ2n) is 5.36. The summed E-state index contributed by atoms with van der Waals surface area (Å²) in [7, 11) is -3.24. The maximum atomic E-state index is 11.9. The average molecular weight is 298 g/mol. The minimum atomic E-state index is -3.24. The van der Waals surface area contributed by atoms with Crippen LogP contribution in [0.15, 0.2) is 24.3 Å². The number of ether oxygens (including phenoxy) is 1. The van der Waals surface area contributed by atoms with E-state index in [4.69, 9.17) is 10.5 Å². The van der Waals surface area contributed by atoms with Crippen LogP contribution in [0.4, 0.5) is 0 Å². The van der Waals surface area contributed by atoms with Crippen molar-refractivity contribution in [1.29, 1.82) is 0 Å². The number of benzene rings is 1. The summed E-state index contributed by atoms with van der Waals surface area (Å²) in [6.45, 7) is 3.44. The van der Waals surface area contributed by atoms with Crippen LogP contribution in [0.3, 0.4) is 0 Å². The second-order valence-corrected chi connectivity index (χ2v) is 7.21. The predicted octanol–water partition coefficient (Wildman–Crippen LogP) is 1.16. The summed E-state index contributed by atoms with van der Waals surface area (Å²) >= 11 is 0. The van der Waals surface area contributed by atoms with Gasteiger partial charge in [0.05, 0.1) is 12.4 Å². The molecule has 3 N–H and O–H groups in total. The number of nitrogens with two attached hydrogens (primary N) is 1. The zero-order valence-corrected chi connectivity index (χ0v) is 12.5. The lowest BCUT2D eigenvalue weighted by molar-refractivity contribution is 0.188. The lowest BCUT2D eigenvalue weighted by atomic mass is 10.1. The van der Waals surface area contributed by atoms with Gasteiger partial charge in [0, 0.05) is 19.2 Å². The first kappa shape index (κ1) is 15.4. The highest BCUT2D eigenvalue weighted by atomic mass is 32.2. The Balaban J connectivity index is 1.87. The summed E-state index contributed by atoms with van der Waals surface area (Å²) in [5, 5.41) is 0. The van der Waals surface area contributed by atoms with E-state index in [0.29, 0.717) is 19.8 Å². The quantitative estimate of drug-likeness (QED) is 0.826. The summed E-state index contributed by atoms with van der Waals surface area (Å²) < 4.78 is 31.7. The number of hydrogen-bond donors (Lipinski definition) is 2. The summed E-state index contributed by atoms with van der Waals surface area (Å²) in [6.07, 6.45) is 0.823. The normalized spacial score (nSPS) is 21.0. The Kier molecular flexibility index (Phi) is 5.15. The maximum absolute atomic E-state index is 11.9. The van der Waals surface area contributed by atoms with Gasteiger partial charge in [-0.15, -0.1) is 0 Å². The Morgan fingerprint density at radius 2 is 2.10 bits per heavy atom. The Morgan fingerprint density at radius 1 is 1.40 bits per heavy atom. The number of rotatable bonds is 6. The molecule has 0 saturated carbocycles.